The van der Waals surface area contributed by atoms with Crippen LogP contribution in [0.25, 0.3) is 0 Å². The van der Waals surface area contributed by atoms with Crippen molar-refractivity contribution in [1.82, 2.24) is 0 Å². The minimum Gasteiger partial charge on any atom is -0.192 e. The first-order valence-corrected chi connectivity index (χ1v) is 7.16. The van der Waals surface area contributed by atoms with Crippen LogP contribution in [-0.4, -0.2) is 0 Å². The molecule has 0 amide bonds. The lowest BCUT2D eigenvalue weighted by Gasteiger charge is -2.08. The maximum atomic E-state index is 8.84. The van der Waals surface area contributed by atoms with Gasteiger partial charge in [-0.05, 0) is 59.6 Å². The molecule has 0 saturated carbocycles. The fourth-order valence-corrected chi connectivity index (χ4v) is 3.19. The van der Waals surface area contributed by atoms with Crippen molar-refractivity contribution in [3.8, 4) is 6.07 Å². The van der Waals surface area contributed by atoms with E-state index in [1.165, 1.54) is 16.0 Å². The highest BCUT2D eigenvalue weighted by atomic mass is 79.9. The SMILES string of the molecule is Cc1ccc(Sc2ccc(C#N)cc2Br)c(C)c1. The Hall–Kier alpha value is -1.24. The molecule has 0 aliphatic heterocycles. The number of benzene rings is 2. The van der Waals surface area contributed by atoms with Crippen molar-refractivity contribution in [2.45, 2.75) is 23.6 Å². The van der Waals surface area contributed by atoms with Gasteiger partial charge in [0.2, 0.25) is 0 Å². The molecule has 3 heteroatoms. The summed E-state index contributed by atoms with van der Waals surface area (Å²) in [6, 6.07) is 14.3. The van der Waals surface area contributed by atoms with E-state index in [2.05, 4.69) is 54.0 Å². The van der Waals surface area contributed by atoms with Crippen molar-refractivity contribution < 1.29 is 0 Å². The summed E-state index contributed by atoms with van der Waals surface area (Å²) in [5.74, 6) is 0. The maximum absolute atomic E-state index is 8.84. The molecule has 2 rings (SSSR count). The van der Waals surface area contributed by atoms with Crippen molar-refractivity contribution in [2.75, 3.05) is 0 Å². The second kappa shape index (κ2) is 5.60. The van der Waals surface area contributed by atoms with Crippen LogP contribution >= 0.6 is 27.7 Å². The van der Waals surface area contributed by atoms with Gasteiger partial charge in [-0.1, -0.05) is 29.5 Å². The number of nitrogens with zero attached hydrogens (tertiary/aromatic N) is 1. The van der Waals surface area contributed by atoms with E-state index < -0.39 is 0 Å². The topological polar surface area (TPSA) is 23.8 Å². The van der Waals surface area contributed by atoms with E-state index in [1.807, 2.05) is 18.2 Å². The molecule has 0 aliphatic carbocycles. The highest BCUT2D eigenvalue weighted by molar-refractivity contribution is 9.10. The van der Waals surface area contributed by atoms with E-state index in [-0.39, 0.29) is 0 Å². The zero-order valence-corrected chi connectivity index (χ0v) is 12.6. The van der Waals surface area contributed by atoms with Crippen LogP contribution in [0.15, 0.2) is 50.7 Å². The van der Waals surface area contributed by atoms with Gasteiger partial charge in [-0.25, -0.2) is 0 Å². The number of hydrogen-bond acceptors (Lipinski definition) is 2. The molecule has 0 heterocycles. The molecule has 1 nitrogen and oxygen atoms in total. The molecular formula is C15H12BrNS. The zero-order valence-electron chi connectivity index (χ0n) is 10.2. The molecule has 0 fully saturated rings. The summed E-state index contributed by atoms with van der Waals surface area (Å²) in [5, 5.41) is 8.84. The highest BCUT2D eigenvalue weighted by Crippen LogP contribution is 2.35. The number of nitriles is 1. The lowest BCUT2D eigenvalue weighted by Crippen LogP contribution is -1.83. The van der Waals surface area contributed by atoms with Gasteiger partial charge in [0.25, 0.3) is 0 Å². The van der Waals surface area contributed by atoms with Crippen LogP contribution in [0.3, 0.4) is 0 Å². The van der Waals surface area contributed by atoms with Crippen molar-refractivity contribution in [3.63, 3.8) is 0 Å². The summed E-state index contributed by atoms with van der Waals surface area (Å²) in [6.45, 7) is 4.21. The van der Waals surface area contributed by atoms with Gasteiger partial charge in [0.15, 0.2) is 0 Å². The summed E-state index contributed by atoms with van der Waals surface area (Å²) in [4.78, 5) is 2.37. The third-order valence-electron chi connectivity index (χ3n) is 2.61. The molecule has 0 atom stereocenters. The Morgan fingerprint density at radius 1 is 1.06 bits per heavy atom. The van der Waals surface area contributed by atoms with Gasteiger partial charge in [-0.2, -0.15) is 5.26 Å². The van der Waals surface area contributed by atoms with Crippen molar-refractivity contribution in [3.05, 3.63) is 57.6 Å². The van der Waals surface area contributed by atoms with Crippen LogP contribution in [0.4, 0.5) is 0 Å². The van der Waals surface area contributed by atoms with E-state index in [1.54, 1.807) is 11.8 Å². The smallest absolute Gasteiger partial charge is 0.0992 e. The summed E-state index contributed by atoms with van der Waals surface area (Å²) in [7, 11) is 0. The Kier molecular flexibility index (Phi) is 4.11. The normalized spacial score (nSPS) is 10.1. The fraction of sp³-hybridized carbons (Fsp3) is 0.133. The molecule has 90 valence electrons. The summed E-state index contributed by atoms with van der Waals surface area (Å²) >= 11 is 5.22. The first kappa shape index (κ1) is 13.2. The van der Waals surface area contributed by atoms with Gasteiger partial charge < -0.3 is 0 Å². The van der Waals surface area contributed by atoms with Gasteiger partial charge in [-0.3, -0.25) is 0 Å². The zero-order chi connectivity index (χ0) is 13.1. The van der Waals surface area contributed by atoms with E-state index in [0.717, 1.165) is 9.37 Å². The molecule has 0 bridgehead atoms. The molecule has 0 aliphatic rings. The van der Waals surface area contributed by atoms with Gasteiger partial charge in [0, 0.05) is 14.3 Å². The van der Waals surface area contributed by atoms with Crippen LogP contribution in [-0.2, 0) is 0 Å². The Labute approximate surface area is 120 Å². The summed E-state index contributed by atoms with van der Waals surface area (Å²) in [5.41, 5.74) is 3.22. The third-order valence-corrected chi connectivity index (χ3v) is 4.78. The van der Waals surface area contributed by atoms with Crippen molar-refractivity contribution in [2.24, 2.45) is 0 Å². The highest BCUT2D eigenvalue weighted by Gasteiger charge is 2.06. The molecule has 0 spiro atoms. The van der Waals surface area contributed by atoms with Gasteiger partial charge in [-0.15, -0.1) is 0 Å². The van der Waals surface area contributed by atoms with Crippen LogP contribution in [0.2, 0.25) is 0 Å². The molecule has 0 saturated heterocycles. The standard InChI is InChI=1S/C15H12BrNS/c1-10-3-5-14(11(2)7-10)18-15-6-4-12(9-17)8-13(15)16/h3-8H,1-2H3. The quantitative estimate of drug-likeness (QED) is 0.770. The Morgan fingerprint density at radius 3 is 2.39 bits per heavy atom. The predicted octanol–water partition coefficient (Wildman–Crippen LogP) is 5.09. The fourth-order valence-electron chi connectivity index (χ4n) is 1.69. The molecule has 2 aromatic rings. The molecule has 2 aromatic carbocycles. The third kappa shape index (κ3) is 2.95. The van der Waals surface area contributed by atoms with E-state index in [9.17, 15) is 0 Å². The molecule has 0 aromatic heterocycles. The number of hydrogen-bond donors (Lipinski definition) is 0. The Bertz CT molecular complexity index is 629. The van der Waals surface area contributed by atoms with Crippen LogP contribution in [0, 0.1) is 25.2 Å². The Morgan fingerprint density at radius 2 is 1.78 bits per heavy atom. The lowest BCUT2D eigenvalue weighted by molar-refractivity contribution is 1.25. The molecule has 0 radical (unpaired) electrons. The monoisotopic (exact) mass is 317 g/mol. The van der Waals surface area contributed by atoms with Gasteiger partial charge in [0.1, 0.15) is 0 Å². The first-order chi connectivity index (χ1) is 8.60. The molecule has 0 N–H and O–H groups in total. The van der Waals surface area contributed by atoms with Crippen LogP contribution in [0.5, 0.6) is 0 Å². The van der Waals surface area contributed by atoms with Crippen LogP contribution < -0.4 is 0 Å². The molecular weight excluding hydrogens is 306 g/mol. The van der Waals surface area contributed by atoms with Gasteiger partial charge >= 0.3 is 0 Å². The Balaban J connectivity index is 2.32. The first-order valence-electron chi connectivity index (χ1n) is 5.55. The minimum atomic E-state index is 0.673. The lowest BCUT2D eigenvalue weighted by atomic mass is 10.2. The summed E-state index contributed by atoms with van der Waals surface area (Å²) in [6.07, 6.45) is 0. The largest absolute Gasteiger partial charge is 0.192 e. The molecule has 18 heavy (non-hydrogen) atoms. The summed E-state index contributed by atoms with van der Waals surface area (Å²) < 4.78 is 0.964. The molecule has 0 unspecified atom stereocenters. The average Bonchev–Trinajstić information content (AvgIpc) is 2.34. The van der Waals surface area contributed by atoms with E-state index >= 15 is 0 Å². The predicted molar refractivity (Wildman–Crippen MR) is 78.9 cm³/mol. The number of halogens is 1. The maximum Gasteiger partial charge on any atom is 0.0992 e. The van der Waals surface area contributed by atoms with E-state index in [4.69, 9.17) is 5.26 Å². The minimum absolute atomic E-state index is 0.673. The van der Waals surface area contributed by atoms with Gasteiger partial charge in [0.05, 0.1) is 11.6 Å². The van der Waals surface area contributed by atoms with Crippen LogP contribution in [0.1, 0.15) is 16.7 Å². The van der Waals surface area contributed by atoms with E-state index in [0.29, 0.717) is 5.56 Å². The second-order valence-electron chi connectivity index (χ2n) is 4.13. The van der Waals surface area contributed by atoms with Crippen molar-refractivity contribution >= 4 is 27.7 Å². The number of aryl methyl sites for hydroxylation is 2. The number of rotatable bonds is 2. The average molecular weight is 318 g/mol. The second-order valence-corrected chi connectivity index (χ2v) is 6.07. The van der Waals surface area contributed by atoms with Crippen molar-refractivity contribution in [1.29, 1.82) is 5.26 Å².